The lowest BCUT2D eigenvalue weighted by molar-refractivity contribution is 0.0467. The lowest BCUT2D eigenvalue weighted by Crippen LogP contribution is -2.06. The van der Waals surface area contributed by atoms with Crippen LogP contribution in [0.1, 0.15) is 22.5 Å². The third-order valence-electron chi connectivity index (χ3n) is 3.06. The first-order valence-electron chi connectivity index (χ1n) is 6.79. The van der Waals surface area contributed by atoms with Gasteiger partial charge in [-0.15, -0.1) is 0 Å². The second kappa shape index (κ2) is 6.26. The maximum absolute atomic E-state index is 12.0. The van der Waals surface area contributed by atoms with Crippen LogP contribution in [0.4, 0.5) is 0 Å². The molecule has 5 heteroatoms. The highest BCUT2D eigenvalue weighted by Gasteiger charge is 2.15. The summed E-state index contributed by atoms with van der Waals surface area (Å²) in [7, 11) is 0. The Morgan fingerprint density at radius 2 is 2.00 bits per heavy atom. The normalized spacial score (nSPS) is 13.3. The Bertz CT molecular complexity index is 627. The van der Waals surface area contributed by atoms with Crippen molar-refractivity contribution >= 4 is 5.97 Å². The van der Waals surface area contributed by atoms with Gasteiger partial charge in [-0.1, -0.05) is 6.07 Å². The van der Waals surface area contributed by atoms with Gasteiger partial charge < -0.3 is 14.2 Å². The van der Waals surface area contributed by atoms with Crippen molar-refractivity contribution in [2.75, 3.05) is 13.2 Å². The molecule has 0 bridgehead atoms. The fraction of sp³-hybridized carbons (Fsp3) is 0.250. The average Bonchev–Trinajstić information content (AvgIpc) is 2.78. The van der Waals surface area contributed by atoms with E-state index in [0.717, 1.165) is 6.42 Å². The van der Waals surface area contributed by atoms with E-state index < -0.39 is 5.97 Å². The van der Waals surface area contributed by atoms with Gasteiger partial charge in [0.05, 0.1) is 24.5 Å². The molecule has 0 amide bonds. The molecule has 1 aliphatic rings. The van der Waals surface area contributed by atoms with Crippen molar-refractivity contribution in [2.45, 2.75) is 13.0 Å². The number of hydrogen-bond donors (Lipinski definition) is 0. The minimum atomic E-state index is -0.406. The van der Waals surface area contributed by atoms with Crippen LogP contribution in [0.25, 0.3) is 0 Å². The third-order valence-corrected chi connectivity index (χ3v) is 3.06. The average molecular weight is 285 g/mol. The van der Waals surface area contributed by atoms with E-state index in [0.29, 0.717) is 36.0 Å². The predicted octanol–water partition coefficient (Wildman–Crippen LogP) is 2.60. The molecule has 3 rings (SSSR count). The van der Waals surface area contributed by atoms with E-state index in [1.807, 2.05) is 12.1 Å². The number of carbonyl (C=O) groups excluding carboxylic acids is 1. The summed E-state index contributed by atoms with van der Waals surface area (Å²) in [5.74, 6) is 0.838. The van der Waals surface area contributed by atoms with Crippen LogP contribution < -0.4 is 9.47 Å². The first-order valence-corrected chi connectivity index (χ1v) is 6.79. The van der Waals surface area contributed by atoms with Crippen molar-refractivity contribution in [3.05, 3.63) is 53.9 Å². The number of pyridine rings is 1. The lowest BCUT2D eigenvalue weighted by Gasteiger charge is -2.09. The van der Waals surface area contributed by atoms with Gasteiger partial charge in [0.2, 0.25) is 0 Å². The fourth-order valence-electron chi connectivity index (χ4n) is 2.00. The van der Waals surface area contributed by atoms with Crippen molar-refractivity contribution in [1.29, 1.82) is 0 Å². The molecular formula is C16H15NO4. The molecule has 5 nitrogen and oxygen atoms in total. The smallest absolute Gasteiger partial charge is 0.338 e. The van der Waals surface area contributed by atoms with Gasteiger partial charge in [0, 0.05) is 12.6 Å². The first-order chi connectivity index (χ1) is 10.3. The highest BCUT2D eigenvalue weighted by atomic mass is 16.5. The molecule has 0 spiro atoms. The van der Waals surface area contributed by atoms with E-state index in [9.17, 15) is 4.79 Å². The molecule has 0 unspecified atom stereocenters. The van der Waals surface area contributed by atoms with Crippen LogP contribution in [0.15, 0.2) is 42.6 Å². The second-order valence-electron chi connectivity index (χ2n) is 4.61. The minimum Gasteiger partial charge on any atom is -0.490 e. The molecule has 0 atom stereocenters. The number of hydrogen-bond acceptors (Lipinski definition) is 5. The highest BCUT2D eigenvalue weighted by Crippen LogP contribution is 2.30. The van der Waals surface area contributed by atoms with Crippen LogP contribution in [0.5, 0.6) is 11.5 Å². The minimum absolute atomic E-state index is 0.147. The van der Waals surface area contributed by atoms with Crippen LogP contribution in [0.2, 0.25) is 0 Å². The first kappa shape index (κ1) is 13.4. The van der Waals surface area contributed by atoms with E-state index in [1.54, 1.807) is 30.5 Å². The summed E-state index contributed by atoms with van der Waals surface area (Å²) in [5.41, 5.74) is 1.15. The Morgan fingerprint density at radius 3 is 2.81 bits per heavy atom. The van der Waals surface area contributed by atoms with E-state index in [-0.39, 0.29) is 6.61 Å². The molecule has 1 aromatic heterocycles. The summed E-state index contributed by atoms with van der Waals surface area (Å²) >= 11 is 0. The Balaban J connectivity index is 1.68. The molecule has 108 valence electrons. The lowest BCUT2D eigenvalue weighted by atomic mass is 10.2. The third kappa shape index (κ3) is 3.31. The molecule has 0 saturated carbocycles. The van der Waals surface area contributed by atoms with Crippen LogP contribution in [-0.4, -0.2) is 24.2 Å². The summed E-state index contributed by atoms with van der Waals surface area (Å²) in [6.07, 6.45) is 2.49. The van der Waals surface area contributed by atoms with E-state index >= 15 is 0 Å². The standard InChI is InChI=1S/C16H15NO4/c18-16(21-11-13-4-1-2-7-17-13)12-5-6-14-15(10-12)20-9-3-8-19-14/h1-2,4-7,10H,3,8-9,11H2. The van der Waals surface area contributed by atoms with Crippen molar-refractivity contribution < 1.29 is 19.0 Å². The molecule has 0 saturated heterocycles. The summed E-state index contributed by atoms with van der Waals surface area (Å²) in [5, 5.41) is 0. The van der Waals surface area contributed by atoms with Gasteiger partial charge in [-0.25, -0.2) is 4.79 Å². The Hall–Kier alpha value is -2.56. The van der Waals surface area contributed by atoms with Crippen molar-refractivity contribution in [3.63, 3.8) is 0 Å². The fourth-order valence-corrected chi connectivity index (χ4v) is 2.00. The van der Waals surface area contributed by atoms with E-state index in [2.05, 4.69) is 4.98 Å². The SMILES string of the molecule is O=C(OCc1ccccn1)c1ccc2c(c1)OCCCO2. The highest BCUT2D eigenvalue weighted by molar-refractivity contribution is 5.90. The summed E-state index contributed by atoms with van der Waals surface area (Å²) in [6, 6.07) is 10.5. The number of ether oxygens (including phenoxy) is 3. The monoisotopic (exact) mass is 285 g/mol. The zero-order chi connectivity index (χ0) is 14.5. The quantitative estimate of drug-likeness (QED) is 0.811. The Labute approximate surface area is 122 Å². The number of nitrogens with zero attached hydrogens (tertiary/aromatic N) is 1. The molecule has 0 N–H and O–H groups in total. The zero-order valence-corrected chi connectivity index (χ0v) is 11.5. The molecule has 2 heterocycles. The van der Waals surface area contributed by atoms with Gasteiger partial charge in [-0.3, -0.25) is 4.98 Å². The maximum atomic E-state index is 12.0. The number of carbonyl (C=O) groups is 1. The van der Waals surface area contributed by atoms with Gasteiger partial charge in [0.1, 0.15) is 6.61 Å². The van der Waals surface area contributed by atoms with Crippen molar-refractivity contribution in [2.24, 2.45) is 0 Å². The molecular weight excluding hydrogens is 270 g/mol. The molecule has 0 fully saturated rings. The second-order valence-corrected chi connectivity index (χ2v) is 4.61. The van der Waals surface area contributed by atoms with Crippen LogP contribution in [0, 0.1) is 0 Å². The van der Waals surface area contributed by atoms with Crippen LogP contribution in [0.3, 0.4) is 0 Å². The van der Waals surface area contributed by atoms with Gasteiger partial charge >= 0.3 is 5.97 Å². The molecule has 1 aliphatic heterocycles. The van der Waals surface area contributed by atoms with Crippen molar-refractivity contribution in [1.82, 2.24) is 4.98 Å². The van der Waals surface area contributed by atoms with Gasteiger partial charge in [0.15, 0.2) is 11.5 Å². The Kier molecular flexibility index (Phi) is 4.00. The van der Waals surface area contributed by atoms with Crippen LogP contribution >= 0.6 is 0 Å². The zero-order valence-electron chi connectivity index (χ0n) is 11.5. The van der Waals surface area contributed by atoms with E-state index in [1.165, 1.54) is 0 Å². The van der Waals surface area contributed by atoms with Gasteiger partial charge in [-0.2, -0.15) is 0 Å². The number of aromatic nitrogens is 1. The van der Waals surface area contributed by atoms with Gasteiger partial charge in [0.25, 0.3) is 0 Å². The summed E-state index contributed by atoms with van der Waals surface area (Å²) < 4.78 is 16.3. The topological polar surface area (TPSA) is 57.7 Å². The molecule has 1 aromatic carbocycles. The summed E-state index contributed by atoms with van der Waals surface area (Å²) in [4.78, 5) is 16.1. The summed E-state index contributed by atoms with van der Waals surface area (Å²) in [6.45, 7) is 1.35. The van der Waals surface area contributed by atoms with E-state index in [4.69, 9.17) is 14.2 Å². The maximum Gasteiger partial charge on any atom is 0.338 e. The van der Waals surface area contributed by atoms with Gasteiger partial charge in [-0.05, 0) is 30.3 Å². The largest absolute Gasteiger partial charge is 0.490 e. The molecule has 0 radical (unpaired) electrons. The molecule has 21 heavy (non-hydrogen) atoms. The number of esters is 1. The van der Waals surface area contributed by atoms with Crippen LogP contribution in [-0.2, 0) is 11.3 Å². The number of rotatable bonds is 3. The number of benzene rings is 1. The van der Waals surface area contributed by atoms with Crippen molar-refractivity contribution in [3.8, 4) is 11.5 Å². The predicted molar refractivity (Wildman–Crippen MR) is 75.4 cm³/mol. The number of fused-ring (bicyclic) bond motifs is 1. The Morgan fingerprint density at radius 1 is 1.14 bits per heavy atom. The molecule has 2 aromatic rings. The molecule has 0 aliphatic carbocycles.